The highest BCUT2D eigenvalue weighted by Crippen LogP contribution is 2.30. The summed E-state index contributed by atoms with van der Waals surface area (Å²) in [7, 11) is 0. The van der Waals surface area contributed by atoms with E-state index in [-0.39, 0.29) is 6.10 Å². The summed E-state index contributed by atoms with van der Waals surface area (Å²) < 4.78 is 11.0. The van der Waals surface area contributed by atoms with Crippen molar-refractivity contribution < 1.29 is 14.6 Å². The predicted octanol–water partition coefficient (Wildman–Crippen LogP) is 1.24. The molecule has 3 heteroatoms. The number of aliphatic hydroxyl groups excluding tert-OH is 1. The minimum atomic E-state index is -0.718. The van der Waals surface area contributed by atoms with Crippen LogP contribution in [-0.4, -0.2) is 29.2 Å². The first kappa shape index (κ1) is 10.4. The van der Waals surface area contributed by atoms with E-state index in [4.69, 9.17) is 9.47 Å². The van der Waals surface area contributed by atoms with Crippen LogP contribution in [0.15, 0.2) is 25.3 Å². The third-order valence-electron chi connectivity index (χ3n) is 1.97. The lowest BCUT2D eigenvalue weighted by Gasteiger charge is -2.18. The van der Waals surface area contributed by atoms with E-state index in [0.29, 0.717) is 0 Å². The van der Waals surface area contributed by atoms with E-state index in [0.717, 1.165) is 0 Å². The first-order chi connectivity index (χ1) is 6.00. The van der Waals surface area contributed by atoms with Crippen LogP contribution in [-0.2, 0) is 9.47 Å². The number of hydrogen-bond acceptors (Lipinski definition) is 3. The van der Waals surface area contributed by atoms with Gasteiger partial charge in [0, 0.05) is 0 Å². The highest BCUT2D eigenvalue weighted by Gasteiger charge is 2.42. The van der Waals surface area contributed by atoms with E-state index in [2.05, 4.69) is 13.2 Å². The standard InChI is InChI=1S/C10H16O3/c1-5-7(11)9-8(6-2)12-10(3,4)13-9/h5-9,11H,1-2H2,3-4H3/t7-,8-,9+/m1/s1. The molecule has 0 bridgehead atoms. The van der Waals surface area contributed by atoms with Crippen molar-refractivity contribution in [2.24, 2.45) is 0 Å². The van der Waals surface area contributed by atoms with E-state index in [1.807, 2.05) is 0 Å². The Morgan fingerprint density at radius 2 is 2.00 bits per heavy atom. The van der Waals surface area contributed by atoms with Crippen molar-refractivity contribution in [1.82, 2.24) is 0 Å². The maximum Gasteiger partial charge on any atom is 0.164 e. The van der Waals surface area contributed by atoms with Gasteiger partial charge in [0.2, 0.25) is 0 Å². The van der Waals surface area contributed by atoms with Crippen molar-refractivity contribution in [2.45, 2.75) is 37.9 Å². The zero-order valence-corrected chi connectivity index (χ0v) is 8.06. The average Bonchev–Trinajstić information content (AvgIpc) is 2.39. The Hall–Kier alpha value is -0.640. The normalized spacial score (nSPS) is 34.1. The molecule has 1 heterocycles. The van der Waals surface area contributed by atoms with Gasteiger partial charge in [0.15, 0.2) is 5.79 Å². The van der Waals surface area contributed by atoms with Gasteiger partial charge in [0.25, 0.3) is 0 Å². The molecular formula is C10H16O3. The minimum absolute atomic E-state index is 0.275. The molecule has 0 saturated carbocycles. The average molecular weight is 184 g/mol. The van der Waals surface area contributed by atoms with Gasteiger partial charge in [0.1, 0.15) is 18.3 Å². The van der Waals surface area contributed by atoms with Gasteiger partial charge < -0.3 is 14.6 Å². The van der Waals surface area contributed by atoms with E-state index in [9.17, 15) is 5.11 Å². The topological polar surface area (TPSA) is 38.7 Å². The van der Waals surface area contributed by atoms with Crippen LogP contribution >= 0.6 is 0 Å². The summed E-state index contributed by atoms with van der Waals surface area (Å²) in [4.78, 5) is 0. The molecule has 74 valence electrons. The third kappa shape index (κ3) is 2.18. The molecule has 1 aliphatic rings. The molecule has 13 heavy (non-hydrogen) atoms. The van der Waals surface area contributed by atoms with Crippen LogP contribution in [0.5, 0.6) is 0 Å². The molecule has 0 aliphatic carbocycles. The molecule has 0 spiro atoms. The number of aliphatic hydroxyl groups is 1. The molecule has 0 radical (unpaired) electrons. The fraction of sp³-hybridized carbons (Fsp3) is 0.600. The molecule has 3 atom stereocenters. The predicted molar refractivity (Wildman–Crippen MR) is 50.2 cm³/mol. The van der Waals surface area contributed by atoms with Crippen LogP contribution in [0.3, 0.4) is 0 Å². The quantitative estimate of drug-likeness (QED) is 0.671. The van der Waals surface area contributed by atoms with Gasteiger partial charge in [-0.1, -0.05) is 12.2 Å². The number of hydrogen-bond donors (Lipinski definition) is 1. The highest BCUT2D eigenvalue weighted by molar-refractivity contribution is 5.00. The molecule has 0 aromatic heterocycles. The van der Waals surface area contributed by atoms with Gasteiger partial charge in [-0.3, -0.25) is 0 Å². The first-order valence-electron chi connectivity index (χ1n) is 4.29. The van der Waals surface area contributed by atoms with Gasteiger partial charge in [-0.2, -0.15) is 0 Å². The van der Waals surface area contributed by atoms with Crippen LogP contribution in [0.4, 0.5) is 0 Å². The highest BCUT2D eigenvalue weighted by atomic mass is 16.8. The Morgan fingerprint density at radius 3 is 2.46 bits per heavy atom. The lowest BCUT2D eigenvalue weighted by molar-refractivity contribution is -0.150. The SMILES string of the molecule is C=C[C@@H](O)[C@@H]1OC(C)(C)O[C@@H]1C=C. The molecule has 0 aromatic rings. The molecule has 0 aromatic carbocycles. The lowest BCUT2D eigenvalue weighted by Crippen LogP contribution is -2.32. The molecule has 1 saturated heterocycles. The Kier molecular flexibility index (Phi) is 2.91. The summed E-state index contributed by atoms with van der Waals surface area (Å²) in [6.07, 6.45) is 1.68. The first-order valence-corrected chi connectivity index (χ1v) is 4.29. The molecular weight excluding hydrogens is 168 g/mol. The van der Waals surface area contributed by atoms with Gasteiger partial charge >= 0.3 is 0 Å². The summed E-state index contributed by atoms with van der Waals surface area (Å²) in [6.45, 7) is 10.7. The largest absolute Gasteiger partial charge is 0.386 e. The monoisotopic (exact) mass is 184 g/mol. The van der Waals surface area contributed by atoms with Gasteiger partial charge in [-0.05, 0) is 13.8 Å². The van der Waals surface area contributed by atoms with Crippen molar-refractivity contribution in [3.8, 4) is 0 Å². The Morgan fingerprint density at radius 1 is 1.38 bits per heavy atom. The van der Waals surface area contributed by atoms with Gasteiger partial charge in [-0.25, -0.2) is 0 Å². The smallest absolute Gasteiger partial charge is 0.164 e. The second-order valence-electron chi connectivity index (χ2n) is 3.53. The Bertz CT molecular complexity index is 210. The van der Waals surface area contributed by atoms with Crippen LogP contribution in [0.25, 0.3) is 0 Å². The summed E-state index contributed by atoms with van der Waals surface area (Å²) in [5.41, 5.74) is 0. The minimum Gasteiger partial charge on any atom is -0.386 e. The maximum atomic E-state index is 9.52. The lowest BCUT2D eigenvalue weighted by atomic mass is 10.1. The molecule has 0 unspecified atom stereocenters. The van der Waals surface area contributed by atoms with Gasteiger partial charge in [0.05, 0.1) is 0 Å². The molecule has 1 N–H and O–H groups in total. The maximum absolute atomic E-state index is 9.52. The van der Waals surface area contributed by atoms with E-state index >= 15 is 0 Å². The number of ether oxygens (including phenoxy) is 2. The van der Waals surface area contributed by atoms with Crippen molar-refractivity contribution in [3.63, 3.8) is 0 Å². The molecule has 1 aliphatic heterocycles. The summed E-state index contributed by atoms with van der Waals surface area (Å²) in [5, 5.41) is 9.52. The Labute approximate surface area is 78.7 Å². The van der Waals surface area contributed by atoms with E-state index in [1.54, 1.807) is 19.9 Å². The summed E-state index contributed by atoms with van der Waals surface area (Å²) >= 11 is 0. The van der Waals surface area contributed by atoms with E-state index < -0.39 is 18.0 Å². The van der Waals surface area contributed by atoms with Crippen molar-refractivity contribution >= 4 is 0 Å². The summed E-state index contributed by atoms with van der Waals surface area (Å²) in [6, 6.07) is 0. The van der Waals surface area contributed by atoms with Crippen molar-refractivity contribution in [2.75, 3.05) is 0 Å². The molecule has 1 rings (SSSR count). The van der Waals surface area contributed by atoms with Crippen molar-refractivity contribution in [3.05, 3.63) is 25.3 Å². The summed E-state index contributed by atoms with van der Waals surface area (Å²) in [5.74, 6) is -0.659. The Balaban J connectivity index is 2.74. The zero-order chi connectivity index (χ0) is 10.1. The number of rotatable bonds is 3. The fourth-order valence-corrected chi connectivity index (χ4v) is 1.40. The van der Waals surface area contributed by atoms with Crippen molar-refractivity contribution in [1.29, 1.82) is 0 Å². The van der Waals surface area contributed by atoms with E-state index in [1.165, 1.54) is 6.08 Å². The van der Waals surface area contributed by atoms with Crippen LogP contribution < -0.4 is 0 Å². The molecule has 3 nitrogen and oxygen atoms in total. The molecule has 0 amide bonds. The van der Waals surface area contributed by atoms with Crippen LogP contribution in [0.1, 0.15) is 13.8 Å². The fourth-order valence-electron chi connectivity index (χ4n) is 1.40. The van der Waals surface area contributed by atoms with Crippen LogP contribution in [0.2, 0.25) is 0 Å². The van der Waals surface area contributed by atoms with Crippen LogP contribution in [0, 0.1) is 0 Å². The van der Waals surface area contributed by atoms with Gasteiger partial charge in [-0.15, -0.1) is 13.2 Å². The second kappa shape index (κ2) is 3.62. The third-order valence-corrected chi connectivity index (χ3v) is 1.97. The zero-order valence-electron chi connectivity index (χ0n) is 8.06. The second-order valence-corrected chi connectivity index (χ2v) is 3.53. The molecule has 1 fully saturated rings.